The van der Waals surface area contributed by atoms with E-state index in [9.17, 15) is 14.0 Å². The van der Waals surface area contributed by atoms with Gasteiger partial charge in [0.25, 0.3) is 0 Å². The summed E-state index contributed by atoms with van der Waals surface area (Å²) in [7, 11) is 0. The highest BCUT2D eigenvalue weighted by Gasteiger charge is 2.24. The Morgan fingerprint density at radius 3 is 2.69 bits per heavy atom. The second-order valence-corrected chi connectivity index (χ2v) is 6.68. The van der Waals surface area contributed by atoms with Crippen LogP contribution in [0.15, 0.2) is 24.3 Å². The van der Waals surface area contributed by atoms with E-state index in [1.165, 1.54) is 12.1 Å². The summed E-state index contributed by atoms with van der Waals surface area (Å²) in [6.45, 7) is 4.91. The van der Waals surface area contributed by atoms with Crippen LogP contribution in [0.5, 0.6) is 0 Å². The molecule has 1 aromatic carbocycles. The van der Waals surface area contributed by atoms with Crippen molar-refractivity contribution in [1.29, 1.82) is 0 Å². The molecule has 2 heterocycles. The lowest BCUT2D eigenvalue weighted by atomic mass is 10.1. The molecule has 0 aromatic heterocycles. The highest BCUT2D eigenvalue weighted by Crippen LogP contribution is 2.11. The molecular weight excluding hydrogens is 361 g/mol. The van der Waals surface area contributed by atoms with Crippen molar-refractivity contribution in [2.45, 2.75) is 12.8 Å². The van der Waals surface area contributed by atoms with E-state index in [0.29, 0.717) is 32.8 Å². The second kappa shape index (κ2) is 11.1. The zero-order valence-corrected chi connectivity index (χ0v) is 15.4. The number of likely N-dealkylation sites (tertiary alicyclic amines) is 1. The van der Waals surface area contributed by atoms with Gasteiger partial charge in [-0.15, -0.1) is 0 Å². The molecular formula is C18H25ClFN3O3. The van der Waals surface area contributed by atoms with Crippen molar-refractivity contribution in [3.63, 3.8) is 0 Å². The average Bonchev–Trinajstić information content (AvgIpc) is 3.06. The van der Waals surface area contributed by atoms with Crippen LogP contribution < -0.4 is 10.6 Å². The van der Waals surface area contributed by atoms with Crippen LogP contribution in [-0.4, -0.2) is 62.7 Å². The van der Waals surface area contributed by atoms with Gasteiger partial charge < -0.3 is 20.3 Å². The van der Waals surface area contributed by atoms with Crippen molar-refractivity contribution in [3.05, 3.63) is 35.1 Å². The van der Waals surface area contributed by atoms with Gasteiger partial charge in [0.15, 0.2) is 0 Å². The van der Waals surface area contributed by atoms with Gasteiger partial charge >= 0.3 is 11.8 Å². The van der Waals surface area contributed by atoms with Gasteiger partial charge in [0.05, 0.1) is 18.2 Å². The first-order valence-corrected chi connectivity index (χ1v) is 9.21. The Balaban J connectivity index is 0.000000254. The quantitative estimate of drug-likeness (QED) is 0.756. The molecule has 1 aromatic rings. The fourth-order valence-corrected chi connectivity index (χ4v) is 2.84. The largest absolute Gasteiger partial charge is 0.380 e. The van der Waals surface area contributed by atoms with Gasteiger partial charge in [-0.05, 0) is 25.0 Å². The maximum atomic E-state index is 12.2. The number of amides is 2. The molecule has 0 bridgehead atoms. The summed E-state index contributed by atoms with van der Waals surface area (Å²) in [6, 6.07) is 6.12. The number of ether oxygens (including phenoxy) is 1. The van der Waals surface area contributed by atoms with Crippen LogP contribution in [0.1, 0.15) is 12.8 Å². The van der Waals surface area contributed by atoms with Gasteiger partial charge in [0, 0.05) is 38.6 Å². The normalized spacial score (nSPS) is 19.9. The highest BCUT2D eigenvalue weighted by atomic mass is 35.5. The van der Waals surface area contributed by atoms with Crippen molar-refractivity contribution in [2.75, 3.05) is 45.9 Å². The topological polar surface area (TPSA) is 70.7 Å². The Morgan fingerprint density at radius 2 is 2.04 bits per heavy atom. The molecule has 2 amide bonds. The lowest BCUT2D eigenvalue weighted by Crippen LogP contribution is -2.44. The molecule has 8 heteroatoms. The Morgan fingerprint density at radius 1 is 1.31 bits per heavy atom. The van der Waals surface area contributed by atoms with E-state index >= 15 is 0 Å². The maximum absolute atomic E-state index is 12.2. The van der Waals surface area contributed by atoms with Crippen molar-refractivity contribution in [3.8, 4) is 0 Å². The number of nitrogens with one attached hydrogen (secondary N) is 2. The van der Waals surface area contributed by atoms with Crippen molar-refractivity contribution in [1.82, 2.24) is 15.5 Å². The minimum atomic E-state index is -0.485. The van der Waals surface area contributed by atoms with Gasteiger partial charge in [-0.2, -0.15) is 0 Å². The van der Waals surface area contributed by atoms with Crippen LogP contribution in [0.2, 0.25) is 5.02 Å². The van der Waals surface area contributed by atoms with Gasteiger partial charge in [0.2, 0.25) is 0 Å². The number of rotatable bonds is 2. The van der Waals surface area contributed by atoms with Crippen LogP contribution in [0.3, 0.4) is 0 Å². The molecule has 2 fully saturated rings. The zero-order valence-electron chi connectivity index (χ0n) is 14.7. The summed E-state index contributed by atoms with van der Waals surface area (Å²) < 4.78 is 17.6. The van der Waals surface area contributed by atoms with Crippen LogP contribution in [-0.2, 0) is 14.3 Å². The smallest absolute Gasteiger partial charge is 0.311 e. The number of hydrogen-bond acceptors (Lipinski definition) is 4. The number of carbonyl (C=O) groups excluding carboxylic acids is 2. The molecule has 1 unspecified atom stereocenters. The summed E-state index contributed by atoms with van der Waals surface area (Å²) in [6.07, 6.45) is 2.00. The van der Waals surface area contributed by atoms with Crippen LogP contribution in [0.25, 0.3) is 0 Å². The third-order valence-electron chi connectivity index (χ3n) is 4.17. The Kier molecular flexibility index (Phi) is 8.80. The van der Waals surface area contributed by atoms with E-state index in [0.717, 1.165) is 25.9 Å². The van der Waals surface area contributed by atoms with E-state index in [2.05, 4.69) is 10.6 Å². The van der Waals surface area contributed by atoms with Gasteiger partial charge in [-0.1, -0.05) is 23.7 Å². The van der Waals surface area contributed by atoms with E-state index in [1.54, 1.807) is 17.0 Å². The molecule has 2 saturated heterocycles. The predicted molar refractivity (Wildman–Crippen MR) is 97.4 cm³/mol. The molecule has 26 heavy (non-hydrogen) atoms. The lowest BCUT2D eigenvalue weighted by Gasteiger charge is -2.17. The summed E-state index contributed by atoms with van der Waals surface area (Å²) in [5.41, 5.74) is 0. The maximum Gasteiger partial charge on any atom is 0.311 e. The van der Waals surface area contributed by atoms with E-state index in [4.69, 9.17) is 16.3 Å². The zero-order chi connectivity index (χ0) is 18.8. The highest BCUT2D eigenvalue weighted by molar-refractivity contribution is 6.35. The minimum absolute atomic E-state index is 0.174. The fourth-order valence-electron chi connectivity index (χ4n) is 2.71. The second-order valence-electron chi connectivity index (χ2n) is 6.27. The Bertz CT molecular complexity index is 568. The number of hydrogen-bond donors (Lipinski definition) is 2. The minimum Gasteiger partial charge on any atom is -0.380 e. The molecule has 0 saturated carbocycles. The van der Waals surface area contributed by atoms with Crippen molar-refractivity contribution < 1.29 is 18.7 Å². The van der Waals surface area contributed by atoms with Crippen molar-refractivity contribution in [2.24, 2.45) is 5.92 Å². The molecule has 0 spiro atoms. The molecule has 1 atom stereocenters. The van der Waals surface area contributed by atoms with Gasteiger partial charge in [0.1, 0.15) is 5.82 Å². The van der Waals surface area contributed by atoms with Crippen LogP contribution >= 0.6 is 11.6 Å². The third-order valence-corrected chi connectivity index (χ3v) is 4.48. The van der Waals surface area contributed by atoms with E-state index in [-0.39, 0.29) is 16.8 Å². The molecule has 2 aliphatic rings. The van der Waals surface area contributed by atoms with Crippen molar-refractivity contribution >= 4 is 23.4 Å². The molecule has 2 aliphatic heterocycles. The molecule has 144 valence electrons. The standard InChI is InChI=1S/C12H21N3O3.C6H4ClF/c16-11(12(17)15-4-1-2-5-15)14-8-10-7-13-3-6-18-9-10;7-5-3-1-2-4-6(5)8/h10,13H,1-9H2,(H,14,16);1-4H. The molecule has 3 rings (SSSR count). The number of halogens is 2. The summed E-state index contributed by atoms with van der Waals surface area (Å²) in [5, 5.41) is 6.11. The number of carbonyl (C=O) groups is 2. The number of benzene rings is 1. The first-order chi connectivity index (χ1) is 12.6. The summed E-state index contributed by atoms with van der Waals surface area (Å²) in [4.78, 5) is 25.1. The molecule has 0 radical (unpaired) electrons. The average molecular weight is 386 g/mol. The number of nitrogens with zero attached hydrogens (tertiary/aromatic N) is 1. The monoisotopic (exact) mass is 385 g/mol. The molecule has 0 aliphatic carbocycles. The van der Waals surface area contributed by atoms with Crippen LogP contribution in [0, 0.1) is 11.7 Å². The van der Waals surface area contributed by atoms with Gasteiger partial charge in [-0.3, -0.25) is 9.59 Å². The first kappa shape index (κ1) is 20.6. The van der Waals surface area contributed by atoms with E-state index in [1.807, 2.05) is 0 Å². The lowest BCUT2D eigenvalue weighted by molar-refractivity contribution is -0.145. The third kappa shape index (κ3) is 6.90. The van der Waals surface area contributed by atoms with Gasteiger partial charge in [-0.25, -0.2) is 4.39 Å². The van der Waals surface area contributed by atoms with E-state index < -0.39 is 11.8 Å². The van der Waals surface area contributed by atoms with Crippen LogP contribution in [0.4, 0.5) is 4.39 Å². The Labute approximate surface area is 158 Å². The Hall–Kier alpha value is -1.70. The molecule has 6 nitrogen and oxygen atoms in total. The summed E-state index contributed by atoms with van der Waals surface area (Å²) >= 11 is 5.33. The first-order valence-electron chi connectivity index (χ1n) is 8.83. The summed E-state index contributed by atoms with van der Waals surface area (Å²) in [5.74, 6) is -1.01. The SMILES string of the molecule is Fc1ccccc1Cl.O=C(NCC1CNCCOC1)C(=O)N1CCCC1. The molecule has 2 N–H and O–H groups in total. The fraction of sp³-hybridized carbons (Fsp3) is 0.556. The predicted octanol–water partition coefficient (Wildman–Crippen LogP) is 1.44.